The molecular weight excluding hydrogens is 372 g/mol. The lowest BCUT2D eigenvalue weighted by molar-refractivity contribution is 0.0697. The van der Waals surface area contributed by atoms with Crippen molar-refractivity contribution < 1.29 is 9.90 Å². The molecule has 3 heterocycles. The van der Waals surface area contributed by atoms with Crippen LogP contribution in [0, 0.1) is 0 Å². The van der Waals surface area contributed by atoms with Crippen LogP contribution < -0.4 is 5.32 Å². The number of aromatic nitrogens is 3. The zero-order valence-corrected chi connectivity index (χ0v) is 14.1. The average Bonchev–Trinajstić information content (AvgIpc) is 3.17. The molecule has 0 aliphatic carbocycles. The van der Waals surface area contributed by atoms with Gasteiger partial charge in [-0.25, -0.2) is 9.48 Å². The van der Waals surface area contributed by atoms with Crippen LogP contribution in [0.25, 0.3) is 16.9 Å². The van der Waals surface area contributed by atoms with E-state index in [1.54, 1.807) is 36.7 Å². The van der Waals surface area contributed by atoms with Crippen molar-refractivity contribution in [2.24, 2.45) is 0 Å². The molecule has 120 valence electrons. The van der Waals surface area contributed by atoms with E-state index in [9.17, 15) is 4.79 Å². The Labute approximate surface area is 146 Å². The summed E-state index contributed by atoms with van der Waals surface area (Å²) >= 11 is 3.44. The standard InChI is InChI=1S/C17H13BrN4O2/c18-12-7-11(8-19-9-12)15-14-5-6-20-16(14)22(21-15)13-3-1-10(2-4-13)17(23)24/h1-4,7-9,20H,5-6H2,(H,23,24). The Kier molecular flexibility index (Phi) is 3.57. The molecule has 0 atom stereocenters. The lowest BCUT2D eigenvalue weighted by atomic mass is 10.1. The van der Waals surface area contributed by atoms with Gasteiger partial charge in [0.25, 0.3) is 0 Å². The van der Waals surface area contributed by atoms with E-state index in [2.05, 4.69) is 26.2 Å². The molecule has 0 bridgehead atoms. The van der Waals surface area contributed by atoms with Crippen molar-refractivity contribution in [2.75, 3.05) is 11.9 Å². The number of anilines is 1. The first-order valence-electron chi connectivity index (χ1n) is 7.44. The topological polar surface area (TPSA) is 80.0 Å². The lowest BCUT2D eigenvalue weighted by Gasteiger charge is -2.06. The van der Waals surface area contributed by atoms with Crippen LogP contribution in [0.4, 0.5) is 5.82 Å². The Morgan fingerprint density at radius 1 is 1.25 bits per heavy atom. The summed E-state index contributed by atoms with van der Waals surface area (Å²) in [6, 6.07) is 8.69. The molecule has 0 spiro atoms. The average molecular weight is 385 g/mol. The molecule has 6 nitrogen and oxygen atoms in total. The number of carboxylic acid groups (broad SMARTS) is 1. The summed E-state index contributed by atoms with van der Waals surface area (Å²) < 4.78 is 2.73. The maximum Gasteiger partial charge on any atom is 0.335 e. The zero-order valence-electron chi connectivity index (χ0n) is 12.5. The molecule has 0 saturated carbocycles. The molecule has 24 heavy (non-hydrogen) atoms. The fraction of sp³-hybridized carbons (Fsp3) is 0.118. The van der Waals surface area contributed by atoms with Crippen LogP contribution in [0.5, 0.6) is 0 Å². The van der Waals surface area contributed by atoms with Gasteiger partial charge in [-0.2, -0.15) is 5.10 Å². The number of benzene rings is 1. The fourth-order valence-corrected chi connectivity index (χ4v) is 3.24. The van der Waals surface area contributed by atoms with E-state index in [1.807, 2.05) is 10.7 Å². The third-order valence-electron chi connectivity index (χ3n) is 3.99. The first-order chi connectivity index (χ1) is 11.6. The molecule has 3 aromatic rings. The van der Waals surface area contributed by atoms with Crippen molar-refractivity contribution in [3.05, 3.63) is 58.3 Å². The van der Waals surface area contributed by atoms with Gasteiger partial charge in [0.2, 0.25) is 0 Å². The molecule has 1 aliphatic heterocycles. The summed E-state index contributed by atoms with van der Waals surface area (Å²) in [5.41, 5.74) is 4.07. The van der Waals surface area contributed by atoms with Gasteiger partial charge in [-0.1, -0.05) is 0 Å². The van der Waals surface area contributed by atoms with Gasteiger partial charge in [-0.05, 0) is 52.7 Å². The number of carboxylic acids is 1. The quantitative estimate of drug-likeness (QED) is 0.723. The summed E-state index contributed by atoms with van der Waals surface area (Å²) in [5.74, 6) is 0.0133. The molecule has 0 unspecified atom stereocenters. The van der Waals surface area contributed by atoms with E-state index >= 15 is 0 Å². The van der Waals surface area contributed by atoms with E-state index in [4.69, 9.17) is 10.2 Å². The fourth-order valence-electron chi connectivity index (χ4n) is 2.88. The minimum absolute atomic E-state index is 0.256. The Morgan fingerprint density at radius 3 is 2.75 bits per heavy atom. The van der Waals surface area contributed by atoms with Crippen molar-refractivity contribution in [3.63, 3.8) is 0 Å². The Morgan fingerprint density at radius 2 is 2.04 bits per heavy atom. The minimum Gasteiger partial charge on any atom is -0.478 e. The van der Waals surface area contributed by atoms with Gasteiger partial charge in [0.05, 0.1) is 16.9 Å². The second kappa shape index (κ2) is 5.76. The summed E-state index contributed by atoms with van der Waals surface area (Å²) in [4.78, 5) is 15.2. The number of fused-ring (bicyclic) bond motifs is 1. The molecular formula is C17H13BrN4O2. The highest BCUT2D eigenvalue weighted by Crippen LogP contribution is 2.35. The molecule has 0 fully saturated rings. The van der Waals surface area contributed by atoms with E-state index in [-0.39, 0.29) is 5.56 Å². The van der Waals surface area contributed by atoms with Crippen molar-refractivity contribution in [3.8, 4) is 16.9 Å². The van der Waals surface area contributed by atoms with Crippen molar-refractivity contribution in [2.45, 2.75) is 6.42 Å². The monoisotopic (exact) mass is 384 g/mol. The van der Waals surface area contributed by atoms with Crippen LogP contribution in [-0.4, -0.2) is 32.4 Å². The normalized spacial score (nSPS) is 12.7. The highest BCUT2D eigenvalue weighted by Gasteiger charge is 2.24. The van der Waals surface area contributed by atoms with Crippen LogP contribution in [0.3, 0.4) is 0 Å². The van der Waals surface area contributed by atoms with E-state index < -0.39 is 5.97 Å². The van der Waals surface area contributed by atoms with Gasteiger partial charge < -0.3 is 10.4 Å². The Bertz CT molecular complexity index is 934. The van der Waals surface area contributed by atoms with Crippen molar-refractivity contribution in [1.82, 2.24) is 14.8 Å². The summed E-state index contributed by atoms with van der Waals surface area (Å²) in [6.07, 6.45) is 4.43. The molecule has 7 heteroatoms. The second-order valence-electron chi connectivity index (χ2n) is 5.51. The number of nitrogens with one attached hydrogen (secondary N) is 1. The summed E-state index contributed by atoms with van der Waals surface area (Å²) in [5, 5.41) is 17.1. The minimum atomic E-state index is -0.939. The number of hydrogen-bond acceptors (Lipinski definition) is 4. The number of pyridine rings is 1. The van der Waals surface area contributed by atoms with E-state index in [0.717, 1.165) is 45.8 Å². The summed E-state index contributed by atoms with van der Waals surface area (Å²) in [6.45, 7) is 0.856. The maximum absolute atomic E-state index is 11.0. The molecule has 0 saturated heterocycles. The lowest BCUT2D eigenvalue weighted by Crippen LogP contribution is -2.05. The maximum atomic E-state index is 11.0. The van der Waals surface area contributed by atoms with Gasteiger partial charge in [0.15, 0.2) is 0 Å². The predicted molar refractivity (Wildman–Crippen MR) is 93.6 cm³/mol. The highest BCUT2D eigenvalue weighted by molar-refractivity contribution is 9.10. The van der Waals surface area contributed by atoms with Crippen molar-refractivity contribution >= 4 is 27.7 Å². The molecule has 1 aromatic carbocycles. The first-order valence-corrected chi connectivity index (χ1v) is 8.23. The molecule has 0 amide bonds. The van der Waals surface area contributed by atoms with Crippen LogP contribution >= 0.6 is 15.9 Å². The highest BCUT2D eigenvalue weighted by atomic mass is 79.9. The van der Waals surface area contributed by atoms with Gasteiger partial charge in [-0.3, -0.25) is 4.98 Å². The number of hydrogen-bond donors (Lipinski definition) is 2. The largest absolute Gasteiger partial charge is 0.478 e. The third kappa shape index (κ3) is 2.46. The van der Waals surface area contributed by atoms with Crippen LogP contribution in [0.1, 0.15) is 15.9 Å². The smallest absolute Gasteiger partial charge is 0.335 e. The number of aromatic carboxylic acids is 1. The van der Waals surface area contributed by atoms with E-state index in [0.29, 0.717) is 0 Å². The van der Waals surface area contributed by atoms with Crippen LogP contribution in [-0.2, 0) is 6.42 Å². The van der Waals surface area contributed by atoms with Crippen LogP contribution in [0.2, 0.25) is 0 Å². The SMILES string of the molecule is O=C(O)c1ccc(-n2nc(-c3cncc(Br)c3)c3c2NCC3)cc1. The molecule has 2 N–H and O–H groups in total. The van der Waals surface area contributed by atoms with Crippen molar-refractivity contribution in [1.29, 1.82) is 0 Å². The van der Waals surface area contributed by atoms with Gasteiger partial charge in [0, 0.05) is 34.5 Å². The number of halogens is 1. The molecule has 0 radical (unpaired) electrons. The predicted octanol–water partition coefficient (Wildman–Crippen LogP) is 3.36. The molecule has 1 aliphatic rings. The van der Waals surface area contributed by atoms with Crippen LogP contribution in [0.15, 0.2) is 47.2 Å². The first kappa shape index (κ1) is 14.9. The van der Waals surface area contributed by atoms with Gasteiger partial charge in [0.1, 0.15) is 5.82 Å². The third-order valence-corrected chi connectivity index (χ3v) is 4.42. The van der Waals surface area contributed by atoms with Gasteiger partial charge in [-0.15, -0.1) is 0 Å². The second-order valence-corrected chi connectivity index (χ2v) is 6.42. The Balaban J connectivity index is 1.83. The number of carbonyl (C=O) groups is 1. The number of rotatable bonds is 3. The molecule has 2 aromatic heterocycles. The number of nitrogens with zero attached hydrogens (tertiary/aromatic N) is 3. The van der Waals surface area contributed by atoms with E-state index in [1.165, 1.54) is 0 Å². The summed E-state index contributed by atoms with van der Waals surface area (Å²) in [7, 11) is 0. The zero-order chi connectivity index (χ0) is 16.7. The van der Waals surface area contributed by atoms with Gasteiger partial charge >= 0.3 is 5.97 Å². The molecule has 4 rings (SSSR count). The Hall–Kier alpha value is -2.67.